The van der Waals surface area contributed by atoms with Crippen LogP contribution in [0.15, 0.2) is 24.3 Å². The Kier molecular flexibility index (Phi) is 11.2. The second kappa shape index (κ2) is 12.0. The minimum Gasteiger partial charge on any atom is -0.481 e. The van der Waals surface area contributed by atoms with Crippen LogP contribution in [0.4, 0.5) is 0 Å². The van der Waals surface area contributed by atoms with E-state index in [4.69, 9.17) is 5.11 Å². The van der Waals surface area contributed by atoms with E-state index in [1.807, 2.05) is 0 Å². The summed E-state index contributed by atoms with van der Waals surface area (Å²) in [5, 5.41) is 8.44. The quantitative estimate of drug-likeness (QED) is 0.443. The van der Waals surface area contributed by atoms with Crippen molar-refractivity contribution in [3.63, 3.8) is 0 Å². The lowest BCUT2D eigenvalue weighted by molar-refractivity contribution is -0.137. The molecule has 0 unspecified atom stereocenters. The van der Waals surface area contributed by atoms with Crippen LogP contribution in [0.25, 0.3) is 0 Å². The summed E-state index contributed by atoms with van der Waals surface area (Å²) in [4.78, 5) is 10.2. The highest BCUT2D eigenvalue weighted by atomic mass is 16.4. The molecule has 0 amide bonds. The standard InChI is InChI=1S/C14H24O2/c1-2-3-4-5-6-7-8-9-10-11-12-13-14(15)16/h3-6H,2,7-13H2,1H3,(H,15,16)/b4-3+,6-5-. The van der Waals surface area contributed by atoms with Crippen molar-refractivity contribution in [3.8, 4) is 0 Å². The molecule has 0 radical (unpaired) electrons. The van der Waals surface area contributed by atoms with Crippen molar-refractivity contribution < 1.29 is 9.90 Å². The van der Waals surface area contributed by atoms with Crippen molar-refractivity contribution in [1.29, 1.82) is 0 Å². The van der Waals surface area contributed by atoms with Gasteiger partial charge in [-0.3, -0.25) is 4.79 Å². The molecular formula is C14H24O2. The van der Waals surface area contributed by atoms with Crippen molar-refractivity contribution in [2.45, 2.75) is 58.3 Å². The highest BCUT2D eigenvalue weighted by Crippen LogP contribution is 2.07. The lowest BCUT2D eigenvalue weighted by atomic mass is 10.1. The molecule has 0 rings (SSSR count). The zero-order valence-electron chi connectivity index (χ0n) is 10.3. The predicted octanol–water partition coefficient (Wildman–Crippen LogP) is 4.32. The van der Waals surface area contributed by atoms with Crippen molar-refractivity contribution in [1.82, 2.24) is 0 Å². The maximum atomic E-state index is 10.2. The van der Waals surface area contributed by atoms with Gasteiger partial charge in [0.1, 0.15) is 0 Å². The maximum absolute atomic E-state index is 10.2. The van der Waals surface area contributed by atoms with Crippen LogP contribution in [-0.2, 0) is 4.79 Å². The van der Waals surface area contributed by atoms with Crippen LogP contribution in [0.2, 0.25) is 0 Å². The zero-order valence-corrected chi connectivity index (χ0v) is 10.3. The first-order valence-corrected chi connectivity index (χ1v) is 6.30. The average Bonchev–Trinajstić information content (AvgIpc) is 2.25. The van der Waals surface area contributed by atoms with E-state index in [9.17, 15) is 4.79 Å². The molecule has 2 heteroatoms. The van der Waals surface area contributed by atoms with Gasteiger partial charge in [0.25, 0.3) is 0 Å². The molecule has 0 saturated carbocycles. The Labute approximate surface area is 99.1 Å². The summed E-state index contributed by atoms with van der Waals surface area (Å²) in [5.74, 6) is -0.675. The molecule has 0 spiro atoms. The number of unbranched alkanes of at least 4 members (excludes halogenated alkanes) is 5. The van der Waals surface area contributed by atoms with Crippen LogP contribution in [-0.4, -0.2) is 11.1 Å². The molecule has 0 bridgehead atoms. The van der Waals surface area contributed by atoms with E-state index in [0.29, 0.717) is 6.42 Å². The Morgan fingerprint density at radius 2 is 1.62 bits per heavy atom. The summed E-state index contributed by atoms with van der Waals surface area (Å²) in [6.07, 6.45) is 16.5. The topological polar surface area (TPSA) is 37.3 Å². The molecule has 0 saturated heterocycles. The lowest BCUT2D eigenvalue weighted by Gasteiger charge is -1.97. The van der Waals surface area contributed by atoms with Crippen LogP contribution < -0.4 is 0 Å². The van der Waals surface area contributed by atoms with Crippen molar-refractivity contribution in [3.05, 3.63) is 24.3 Å². The van der Waals surface area contributed by atoms with Gasteiger partial charge < -0.3 is 5.11 Å². The molecule has 0 aliphatic carbocycles. The monoisotopic (exact) mass is 224 g/mol. The normalized spacial score (nSPS) is 11.6. The number of carboxylic acids is 1. The minimum absolute atomic E-state index is 0.321. The molecule has 0 aromatic heterocycles. The highest BCUT2D eigenvalue weighted by Gasteiger charge is 1.95. The molecular weight excluding hydrogens is 200 g/mol. The fourth-order valence-corrected chi connectivity index (χ4v) is 1.46. The van der Waals surface area contributed by atoms with Gasteiger partial charge in [-0.1, -0.05) is 50.5 Å². The third-order valence-electron chi connectivity index (χ3n) is 2.38. The van der Waals surface area contributed by atoms with Gasteiger partial charge in [0, 0.05) is 6.42 Å². The Bertz CT molecular complexity index is 217. The smallest absolute Gasteiger partial charge is 0.303 e. The molecule has 0 aromatic rings. The van der Waals surface area contributed by atoms with Gasteiger partial charge in [0.2, 0.25) is 0 Å². The summed E-state index contributed by atoms with van der Waals surface area (Å²) < 4.78 is 0. The molecule has 0 aliphatic rings. The predicted molar refractivity (Wildman–Crippen MR) is 68.5 cm³/mol. The van der Waals surface area contributed by atoms with Crippen molar-refractivity contribution in [2.24, 2.45) is 0 Å². The number of carbonyl (C=O) groups is 1. The molecule has 0 atom stereocenters. The van der Waals surface area contributed by atoms with E-state index in [1.165, 1.54) is 12.8 Å². The largest absolute Gasteiger partial charge is 0.481 e. The average molecular weight is 224 g/mol. The number of allylic oxidation sites excluding steroid dienone is 4. The summed E-state index contributed by atoms with van der Waals surface area (Å²) in [7, 11) is 0. The summed E-state index contributed by atoms with van der Waals surface area (Å²) in [6, 6.07) is 0. The second-order valence-corrected chi connectivity index (χ2v) is 3.96. The van der Waals surface area contributed by atoms with Gasteiger partial charge in [0.05, 0.1) is 0 Å². The number of hydrogen-bond acceptors (Lipinski definition) is 1. The fourth-order valence-electron chi connectivity index (χ4n) is 1.46. The van der Waals surface area contributed by atoms with Gasteiger partial charge in [0.15, 0.2) is 0 Å². The van der Waals surface area contributed by atoms with Crippen LogP contribution in [0.3, 0.4) is 0 Å². The Morgan fingerprint density at radius 3 is 2.31 bits per heavy atom. The van der Waals surface area contributed by atoms with Crippen LogP contribution >= 0.6 is 0 Å². The SMILES string of the molecule is CC/C=C/C=C\CCCCCCCC(=O)O. The first-order chi connectivity index (χ1) is 7.77. The third-order valence-corrected chi connectivity index (χ3v) is 2.38. The Hall–Kier alpha value is -1.05. The molecule has 0 heterocycles. The van der Waals surface area contributed by atoms with Gasteiger partial charge in [-0.2, -0.15) is 0 Å². The number of rotatable bonds is 10. The molecule has 2 nitrogen and oxygen atoms in total. The van der Waals surface area contributed by atoms with Crippen LogP contribution in [0, 0.1) is 0 Å². The van der Waals surface area contributed by atoms with E-state index in [2.05, 4.69) is 31.2 Å². The van der Waals surface area contributed by atoms with Crippen molar-refractivity contribution >= 4 is 5.97 Å². The fraction of sp³-hybridized carbons (Fsp3) is 0.643. The summed E-state index contributed by atoms with van der Waals surface area (Å²) in [6.45, 7) is 2.13. The number of carboxylic acid groups (broad SMARTS) is 1. The van der Waals surface area contributed by atoms with Gasteiger partial charge >= 0.3 is 5.97 Å². The van der Waals surface area contributed by atoms with Gasteiger partial charge in [-0.25, -0.2) is 0 Å². The third kappa shape index (κ3) is 12.9. The first-order valence-electron chi connectivity index (χ1n) is 6.30. The Morgan fingerprint density at radius 1 is 1.00 bits per heavy atom. The summed E-state index contributed by atoms with van der Waals surface area (Å²) in [5.41, 5.74) is 0. The second-order valence-electron chi connectivity index (χ2n) is 3.96. The molecule has 0 aliphatic heterocycles. The van der Waals surface area contributed by atoms with Gasteiger partial charge in [-0.05, 0) is 25.7 Å². The maximum Gasteiger partial charge on any atom is 0.303 e. The zero-order chi connectivity index (χ0) is 12.1. The molecule has 0 fully saturated rings. The lowest BCUT2D eigenvalue weighted by Crippen LogP contribution is -1.93. The number of hydrogen-bond donors (Lipinski definition) is 1. The van der Waals surface area contributed by atoms with E-state index in [0.717, 1.165) is 32.1 Å². The van der Waals surface area contributed by atoms with Crippen LogP contribution in [0.1, 0.15) is 58.3 Å². The summed E-state index contributed by atoms with van der Waals surface area (Å²) >= 11 is 0. The Balaban J connectivity index is 3.12. The first kappa shape index (κ1) is 14.9. The van der Waals surface area contributed by atoms with Gasteiger partial charge in [-0.15, -0.1) is 0 Å². The molecule has 0 aromatic carbocycles. The highest BCUT2D eigenvalue weighted by molar-refractivity contribution is 5.66. The van der Waals surface area contributed by atoms with E-state index in [1.54, 1.807) is 0 Å². The van der Waals surface area contributed by atoms with E-state index < -0.39 is 5.97 Å². The van der Waals surface area contributed by atoms with E-state index in [-0.39, 0.29) is 0 Å². The molecule has 16 heavy (non-hydrogen) atoms. The number of aliphatic carboxylic acids is 1. The molecule has 1 N–H and O–H groups in total. The minimum atomic E-state index is -0.675. The van der Waals surface area contributed by atoms with Crippen LogP contribution in [0.5, 0.6) is 0 Å². The molecule has 92 valence electrons. The van der Waals surface area contributed by atoms with E-state index >= 15 is 0 Å². The van der Waals surface area contributed by atoms with Crippen molar-refractivity contribution in [2.75, 3.05) is 0 Å².